The van der Waals surface area contributed by atoms with Gasteiger partial charge >= 0.3 is 5.97 Å². The number of carboxylic acids is 1. The van der Waals surface area contributed by atoms with Crippen LogP contribution in [0.4, 0.5) is 0 Å². The number of likely N-dealkylation sites (tertiary alicyclic amines) is 1. The molecule has 2 atom stereocenters. The lowest BCUT2D eigenvalue weighted by atomic mass is 10.00. The van der Waals surface area contributed by atoms with E-state index in [1.807, 2.05) is 0 Å². The first kappa shape index (κ1) is 13.0. The second-order valence-electron chi connectivity index (χ2n) is 4.50. The third kappa shape index (κ3) is 2.72. The number of aliphatic carboxylic acids is 1. The second-order valence-corrected chi connectivity index (χ2v) is 4.50. The van der Waals surface area contributed by atoms with Crippen molar-refractivity contribution < 1.29 is 14.7 Å². The normalized spacial score (nSPS) is 23.8. The van der Waals surface area contributed by atoms with Gasteiger partial charge in [-0.15, -0.1) is 0 Å². The first-order chi connectivity index (χ1) is 7.45. The SMILES string of the molecule is CC(C(=O)N(C)C)N1CCCCC1C(=O)O. The standard InChI is InChI=1S/C11H20N2O3/c1-8(10(14)12(2)3)13-7-5-4-6-9(13)11(15)16/h8-9H,4-7H2,1-3H3,(H,15,16). The number of hydrogen-bond acceptors (Lipinski definition) is 3. The van der Waals surface area contributed by atoms with E-state index in [2.05, 4.69) is 0 Å². The minimum absolute atomic E-state index is 0.0341. The van der Waals surface area contributed by atoms with Gasteiger partial charge in [-0.25, -0.2) is 0 Å². The summed E-state index contributed by atoms with van der Waals surface area (Å²) in [7, 11) is 3.39. The number of amides is 1. The number of likely N-dealkylation sites (N-methyl/N-ethyl adjacent to an activating group) is 1. The molecule has 0 aromatic heterocycles. The molecule has 0 saturated carbocycles. The number of nitrogens with zero attached hydrogens (tertiary/aromatic N) is 2. The molecule has 0 radical (unpaired) electrons. The lowest BCUT2D eigenvalue weighted by Crippen LogP contribution is -2.54. The quantitative estimate of drug-likeness (QED) is 0.759. The molecule has 16 heavy (non-hydrogen) atoms. The summed E-state index contributed by atoms with van der Waals surface area (Å²) in [6.45, 7) is 2.47. The van der Waals surface area contributed by atoms with Gasteiger partial charge in [-0.3, -0.25) is 14.5 Å². The van der Waals surface area contributed by atoms with Crippen molar-refractivity contribution >= 4 is 11.9 Å². The summed E-state index contributed by atoms with van der Waals surface area (Å²) < 4.78 is 0. The van der Waals surface area contributed by atoms with Crippen LogP contribution in [0.5, 0.6) is 0 Å². The van der Waals surface area contributed by atoms with E-state index in [9.17, 15) is 9.59 Å². The molecule has 0 bridgehead atoms. The molecule has 1 amide bonds. The molecule has 0 aliphatic carbocycles. The summed E-state index contributed by atoms with van der Waals surface area (Å²) in [4.78, 5) is 26.2. The highest BCUT2D eigenvalue weighted by Crippen LogP contribution is 2.20. The topological polar surface area (TPSA) is 60.9 Å². The Morgan fingerprint density at radius 1 is 1.38 bits per heavy atom. The summed E-state index contributed by atoms with van der Waals surface area (Å²) in [5, 5.41) is 9.11. The Bertz CT molecular complexity index is 278. The van der Waals surface area contributed by atoms with Crippen molar-refractivity contribution in [2.75, 3.05) is 20.6 Å². The highest BCUT2D eigenvalue weighted by Gasteiger charge is 2.34. The van der Waals surface area contributed by atoms with E-state index in [0.29, 0.717) is 13.0 Å². The van der Waals surface area contributed by atoms with E-state index in [0.717, 1.165) is 12.8 Å². The van der Waals surface area contributed by atoms with E-state index in [-0.39, 0.29) is 11.9 Å². The highest BCUT2D eigenvalue weighted by molar-refractivity contribution is 5.82. The molecule has 0 aromatic carbocycles. The van der Waals surface area contributed by atoms with Crippen LogP contribution in [-0.2, 0) is 9.59 Å². The van der Waals surface area contributed by atoms with Gasteiger partial charge in [-0.05, 0) is 26.3 Å². The van der Waals surface area contributed by atoms with Crippen molar-refractivity contribution in [1.82, 2.24) is 9.80 Å². The Balaban J connectivity index is 2.75. The number of carbonyl (C=O) groups excluding carboxylic acids is 1. The van der Waals surface area contributed by atoms with Crippen molar-refractivity contribution in [2.45, 2.75) is 38.3 Å². The minimum atomic E-state index is -0.821. The fourth-order valence-corrected chi connectivity index (χ4v) is 2.20. The fourth-order valence-electron chi connectivity index (χ4n) is 2.20. The zero-order chi connectivity index (χ0) is 12.3. The lowest BCUT2D eigenvalue weighted by molar-refractivity contribution is -0.148. The van der Waals surface area contributed by atoms with E-state index >= 15 is 0 Å². The molecule has 1 saturated heterocycles. The van der Waals surface area contributed by atoms with Gasteiger partial charge < -0.3 is 10.0 Å². The molecule has 1 aliphatic heterocycles. The first-order valence-electron chi connectivity index (χ1n) is 5.65. The third-order valence-electron chi connectivity index (χ3n) is 3.12. The summed E-state index contributed by atoms with van der Waals surface area (Å²) in [5.74, 6) is -0.855. The summed E-state index contributed by atoms with van der Waals surface area (Å²) in [6, 6.07) is -0.857. The molecule has 92 valence electrons. The zero-order valence-corrected chi connectivity index (χ0v) is 10.1. The van der Waals surface area contributed by atoms with Gasteiger partial charge in [0.2, 0.25) is 5.91 Å². The van der Waals surface area contributed by atoms with Gasteiger partial charge in [0.1, 0.15) is 6.04 Å². The average Bonchev–Trinajstić information content (AvgIpc) is 2.26. The molecule has 1 aliphatic rings. The summed E-state index contributed by atoms with van der Waals surface area (Å²) in [5.41, 5.74) is 0. The van der Waals surface area contributed by atoms with Crippen molar-refractivity contribution in [3.8, 4) is 0 Å². The molecular formula is C11H20N2O3. The Morgan fingerprint density at radius 2 is 2.00 bits per heavy atom. The maximum absolute atomic E-state index is 11.8. The number of carboxylic acid groups (broad SMARTS) is 1. The Labute approximate surface area is 96.0 Å². The van der Waals surface area contributed by atoms with Gasteiger partial charge in [0.15, 0.2) is 0 Å². The molecule has 5 heteroatoms. The van der Waals surface area contributed by atoms with Gasteiger partial charge in [-0.1, -0.05) is 6.42 Å². The van der Waals surface area contributed by atoms with Gasteiger partial charge in [0.05, 0.1) is 6.04 Å². The molecule has 1 rings (SSSR count). The third-order valence-corrected chi connectivity index (χ3v) is 3.12. The minimum Gasteiger partial charge on any atom is -0.480 e. The van der Waals surface area contributed by atoms with Crippen LogP contribution in [0.1, 0.15) is 26.2 Å². The van der Waals surface area contributed by atoms with Crippen molar-refractivity contribution in [3.05, 3.63) is 0 Å². The molecule has 1 heterocycles. The Kier molecular flexibility index (Phi) is 4.29. The van der Waals surface area contributed by atoms with Crippen LogP contribution in [0.2, 0.25) is 0 Å². The first-order valence-corrected chi connectivity index (χ1v) is 5.65. The number of hydrogen-bond donors (Lipinski definition) is 1. The van der Waals surface area contributed by atoms with Crippen LogP contribution in [0, 0.1) is 0 Å². The van der Waals surface area contributed by atoms with Crippen LogP contribution >= 0.6 is 0 Å². The van der Waals surface area contributed by atoms with Gasteiger partial charge in [-0.2, -0.15) is 0 Å². The van der Waals surface area contributed by atoms with Gasteiger partial charge in [0.25, 0.3) is 0 Å². The maximum atomic E-state index is 11.8. The van der Waals surface area contributed by atoms with Crippen LogP contribution in [0.3, 0.4) is 0 Å². The summed E-state index contributed by atoms with van der Waals surface area (Å²) in [6.07, 6.45) is 2.53. The largest absolute Gasteiger partial charge is 0.480 e. The number of rotatable bonds is 3. The summed E-state index contributed by atoms with van der Waals surface area (Å²) >= 11 is 0. The van der Waals surface area contributed by atoms with Crippen LogP contribution in [0.25, 0.3) is 0 Å². The van der Waals surface area contributed by atoms with E-state index in [1.165, 1.54) is 4.90 Å². The monoisotopic (exact) mass is 228 g/mol. The molecule has 1 fully saturated rings. The number of carbonyl (C=O) groups is 2. The molecule has 0 spiro atoms. The lowest BCUT2D eigenvalue weighted by Gasteiger charge is -2.37. The molecule has 1 N–H and O–H groups in total. The highest BCUT2D eigenvalue weighted by atomic mass is 16.4. The Hall–Kier alpha value is -1.10. The number of piperidine rings is 1. The predicted molar refractivity (Wildman–Crippen MR) is 60.1 cm³/mol. The molecule has 5 nitrogen and oxygen atoms in total. The van der Waals surface area contributed by atoms with Crippen molar-refractivity contribution in [3.63, 3.8) is 0 Å². The maximum Gasteiger partial charge on any atom is 0.320 e. The second kappa shape index (κ2) is 5.30. The Morgan fingerprint density at radius 3 is 2.50 bits per heavy atom. The van der Waals surface area contributed by atoms with Crippen LogP contribution in [-0.4, -0.2) is 59.5 Å². The van der Waals surface area contributed by atoms with Crippen LogP contribution < -0.4 is 0 Å². The molecule has 0 aromatic rings. The van der Waals surface area contributed by atoms with E-state index < -0.39 is 12.0 Å². The van der Waals surface area contributed by atoms with E-state index in [4.69, 9.17) is 5.11 Å². The zero-order valence-electron chi connectivity index (χ0n) is 10.1. The van der Waals surface area contributed by atoms with Gasteiger partial charge in [0, 0.05) is 14.1 Å². The van der Waals surface area contributed by atoms with Crippen molar-refractivity contribution in [1.29, 1.82) is 0 Å². The smallest absolute Gasteiger partial charge is 0.320 e. The molecular weight excluding hydrogens is 208 g/mol. The fraction of sp³-hybridized carbons (Fsp3) is 0.818. The van der Waals surface area contributed by atoms with Crippen molar-refractivity contribution in [2.24, 2.45) is 0 Å². The van der Waals surface area contributed by atoms with Crippen LogP contribution in [0.15, 0.2) is 0 Å². The van der Waals surface area contributed by atoms with E-state index in [1.54, 1.807) is 25.9 Å². The molecule has 2 unspecified atom stereocenters. The predicted octanol–water partition coefficient (Wildman–Crippen LogP) is 0.402. The average molecular weight is 228 g/mol.